The Kier molecular flexibility index (Phi) is 4.22. The molecule has 2 aliphatic heterocycles. The Hall–Kier alpha value is -0.740. The number of nitrogens with one attached hydrogen (secondary N) is 1. The van der Waals surface area contributed by atoms with E-state index < -0.39 is 0 Å². The Bertz CT molecular complexity index is 479. The summed E-state index contributed by atoms with van der Waals surface area (Å²) in [6.07, 6.45) is 5.35. The summed E-state index contributed by atoms with van der Waals surface area (Å²) in [6, 6.07) is 0.442. The standard InChI is InChI=1S/C16H22BrNO2/c1-10(18-2)9-13-11-5-3-8-20-16(11)14(17)12-6-4-7-19-15(12)13/h10,18H,3-9H2,1-2H3. The highest BCUT2D eigenvalue weighted by Gasteiger charge is 2.28. The Labute approximate surface area is 129 Å². The summed E-state index contributed by atoms with van der Waals surface area (Å²) in [5.74, 6) is 2.19. The second kappa shape index (κ2) is 5.94. The molecule has 0 aromatic heterocycles. The minimum absolute atomic E-state index is 0.442. The molecular formula is C16H22BrNO2. The summed E-state index contributed by atoms with van der Waals surface area (Å²) in [6.45, 7) is 3.87. The average molecular weight is 340 g/mol. The van der Waals surface area contributed by atoms with Crippen LogP contribution in [0.2, 0.25) is 0 Å². The summed E-state index contributed by atoms with van der Waals surface area (Å²) in [4.78, 5) is 0. The zero-order chi connectivity index (χ0) is 14.1. The van der Waals surface area contributed by atoms with Crippen LogP contribution < -0.4 is 14.8 Å². The molecule has 1 N–H and O–H groups in total. The molecule has 0 aliphatic carbocycles. The molecule has 0 spiro atoms. The molecule has 0 fully saturated rings. The molecule has 2 aliphatic rings. The van der Waals surface area contributed by atoms with Gasteiger partial charge in [-0.25, -0.2) is 0 Å². The highest BCUT2D eigenvalue weighted by atomic mass is 79.9. The third-order valence-electron chi connectivity index (χ3n) is 4.29. The van der Waals surface area contributed by atoms with Crippen LogP contribution >= 0.6 is 15.9 Å². The number of halogens is 1. The van der Waals surface area contributed by atoms with Gasteiger partial charge in [-0.15, -0.1) is 0 Å². The molecule has 1 aromatic rings. The van der Waals surface area contributed by atoms with E-state index in [0.29, 0.717) is 6.04 Å². The van der Waals surface area contributed by atoms with Gasteiger partial charge in [-0.2, -0.15) is 0 Å². The van der Waals surface area contributed by atoms with Gasteiger partial charge in [0.2, 0.25) is 0 Å². The molecule has 2 heterocycles. The lowest BCUT2D eigenvalue weighted by atomic mass is 9.90. The molecule has 4 heteroatoms. The van der Waals surface area contributed by atoms with Crippen molar-refractivity contribution in [1.82, 2.24) is 5.32 Å². The maximum Gasteiger partial charge on any atom is 0.137 e. The lowest BCUT2D eigenvalue weighted by Crippen LogP contribution is -2.26. The van der Waals surface area contributed by atoms with Gasteiger partial charge in [0.25, 0.3) is 0 Å². The smallest absolute Gasteiger partial charge is 0.137 e. The van der Waals surface area contributed by atoms with Gasteiger partial charge in [0.1, 0.15) is 11.5 Å². The van der Waals surface area contributed by atoms with Crippen LogP contribution in [-0.4, -0.2) is 26.3 Å². The van der Waals surface area contributed by atoms with Gasteiger partial charge in [-0.05, 0) is 62.0 Å². The first kappa shape index (κ1) is 14.2. The lowest BCUT2D eigenvalue weighted by Gasteiger charge is -2.30. The van der Waals surface area contributed by atoms with Crippen LogP contribution in [-0.2, 0) is 19.3 Å². The second-order valence-electron chi connectivity index (χ2n) is 5.71. The number of ether oxygens (including phenoxy) is 2. The van der Waals surface area contributed by atoms with Crippen molar-refractivity contribution in [2.45, 2.75) is 45.1 Å². The largest absolute Gasteiger partial charge is 0.493 e. The van der Waals surface area contributed by atoms with E-state index in [-0.39, 0.29) is 0 Å². The highest BCUT2D eigenvalue weighted by Crippen LogP contribution is 2.46. The third kappa shape index (κ3) is 2.44. The Morgan fingerprint density at radius 3 is 2.45 bits per heavy atom. The highest BCUT2D eigenvalue weighted by molar-refractivity contribution is 9.10. The Balaban J connectivity index is 2.13. The van der Waals surface area contributed by atoms with Gasteiger partial charge < -0.3 is 14.8 Å². The van der Waals surface area contributed by atoms with Crippen LogP contribution in [0.5, 0.6) is 11.5 Å². The van der Waals surface area contributed by atoms with Gasteiger partial charge in [-0.1, -0.05) is 0 Å². The van der Waals surface area contributed by atoms with Crippen LogP contribution in [0.15, 0.2) is 4.47 Å². The third-order valence-corrected chi connectivity index (χ3v) is 5.13. The van der Waals surface area contributed by atoms with Crippen molar-refractivity contribution in [3.63, 3.8) is 0 Å². The van der Waals surface area contributed by atoms with Gasteiger partial charge in [0.15, 0.2) is 0 Å². The van der Waals surface area contributed by atoms with E-state index >= 15 is 0 Å². The molecule has 20 heavy (non-hydrogen) atoms. The molecule has 1 unspecified atom stereocenters. The molecule has 1 atom stereocenters. The first-order chi connectivity index (χ1) is 9.72. The number of hydrogen-bond acceptors (Lipinski definition) is 3. The molecule has 0 radical (unpaired) electrons. The van der Waals surface area contributed by atoms with Crippen molar-refractivity contribution in [2.75, 3.05) is 20.3 Å². The van der Waals surface area contributed by atoms with Crippen LogP contribution in [0, 0.1) is 0 Å². The van der Waals surface area contributed by atoms with Crippen molar-refractivity contribution in [3.8, 4) is 11.5 Å². The number of likely N-dealkylation sites (N-methyl/N-ethyl adjacent to an activating group) is 1. The summed E-state index contributed by atoms with van der Waals surface area (Å²) in [5.41, 5.74) is 4.01. The summed E-state index contributed by atoms with van der Waals surface area (Å²) in [5, 5.41) is 3.33. The molecule has 110 valence electrons. The fourth-order valence-electron chi connectivity index (χ4n) is 3.11. The van der Waals surface area contributed by atoms with E-state index in [1.807, 2.05) is 7.05 Å². The molecule has 0 saturated carbocycles. The maximum absolute atomic E-state index is 6.03. The Morgan fingerprint density at radius 2 is 1.75 bits per heavy atom. The summed E-state index contributed by atoms with van der Waals surface area (Å²) >= 11 is 3.75. The SMILES string of the molecule is CNC(C)Cc1c2c(c(Br)c3c1OCCC3)OCCC2. The minimum atomic E-state index is 0.442. The number of rotatable bonds is 3. The normalized spacial score (nSPS) is 18.6. The van der Waals surface area contributed by atoms with Crippen molar-refractivity contribution in [1.29, 1.82) is 0 Å². The average Bonchev–Trinajstić information content (AvgIpc) is 2.51. The maximum atomic E-state index is 6.03. The molecule has 3 nitrogen and oxygen atoms in total. The predicted molar refractivity (Wildman–Crippen MR) is 84.0 cm³/mol. The number of fused-ring (bicyclic) bond motifs is 2. The molecule has 0 saturated heterocycles. The molecular weight excluding hydrogens is 318 g/mol. The van der Waals surface area contributed by atoms with Gasteiger partial charge in [0, 0.05) is 22.7 Å². The fraction of sp³-hybridized carbons (Fsp3) is 0.625. The van der Waals surface area contributed by atoms with E-state index in [0.717, 1.165) is 61.3 Å². The summed E-state index contributed by atoms with van der Waals surface area (Å²) < 4.78 is 13.1. The van der Waals surface area contributed by atoms with Crippen LogP contribution in [0.3, 0.4) is 0 Å². The fourth-order valence-corrected chi connectivity index (χ4v) is 3.84. The van der Waals surface area contributed by atoms with E-state index in [9.17, 15) is 0 Å². The zero-order valence-corrected chi connectivity index (χ0v) is 13.8. The van der Waals surface area contributed by atoms with Crippen molar-refractivity contribution in [2.24, 2.45) is 0 Å². The monoisotopic (exact) mass is 339 g/mol. The van der Waals surface area contributed by atoms with E-state index in [4.69, 9.17) is 9.47 Å². The molecule has 0 amide bonds. The summed E-state index contributed by atoms with van der Waals surface area (Å²) in [7, 11) is 2.01. The topological polar surface area (TPSA) is 30.5 Å². The number of benzene rings is 1. The van der Waals surface area contributed by atoms with E-state index in [1.54, 1.807) is 0 Å². The Morgan fingerprint density at radius 1 is 1.10 bits per heavy atom. The molecule has 0 bridgehead atoms. The molecule has 1 aromatic carbocycles. The van der Waals surface area contributed by atoms with E-state index in [2.05, 4.69) is 28.2 Å². The lowest BCUT2D eigenvalue weighted by molar-refractivity contribution is 0.266. The van der Waals surface area contributed by atoms with Crippen molar-refractivity contribution < 1.29 is 9.47 Å². The van der Waals surface area contributed by atoms with Crippen LogP contribution in [0.1, 0.15) is 36.5 Å². The van der Waals surface area contributed by atoms with Crippen molar-refractivity contribution in [3.05, 3.63) is 21.2 Å². The zero-order valence-electron chi connectivity index (χ0n) is 12.2. The van der Waals surface area contributed by atoms with Gasteiger partial charge in [0.05, 0.1) is 17.7 Å². The quantitative estimate of drug-likeness (QED) is 0.916. The first-order valence-electron chi connectivity index (χ1n) is 7.51. The van der Waals surface area contributed by atoms with E-state index in [1.165, 1.54) is 16.7 Å². The molecule has 3 rings (SSSR count). The van der Waals surface area contributed by atoms with Crippen LogP contribution in [0.25, 0.3) is 0 Å². The van der Waals surface area contributed by atoms with Gasteiger partial charge >= 0.3 is 0 Å². The predicted octanol–water partition coefficient (Wildman–Crippen LogP) is 3.25. The van der Waals surface area contributed by atoms with Crippen molar-refractivity contribution >= 4 is 15.9 Å². The number of hydrogen-bond donors (Lipinski definition) is 1. The van der Waals surface area contributed by atoms with Gasteiger partial charge in [-0.3, -0.25) is 0 Å². The minimum Gasteiger partial charge on any atom is -0.493 e. The van der Waals surface area contributed by atoms with Crippen LogP contribution in [0.4, 0.5) is 0 Å². The second-order valence-corrected chi connectivity index (χ2v) is 6.50. The first-order valence-corrected chi connectivity index (χ1v) is 8.30.